The number of carboxylic acid groups (broad SMARTS) is 2. The van der Waals surface area contributed by atoms with Crippen molar-refractivity contribution in [2.75, 3.05) is 14.2 Å². The molecule has 0 aliphatic rings. The van der Waals surface area contributed by atoms with Crippen LogP contribution in [0.15, 0.2) is 60.7 Å². The molecule has 3 rings (SSSR count). The van der Waals surface area contributed by atoms with Gasteiger partial charge in [0.1, 0.15) is 0 Å². The van der Waals surface area contributed by atoms with E-state index < -0.39 is 29.4 Å². The van der Waals surface area contributed by atoms with Crippen molar-refractivity contribution in [3.05, 3.63) is 82.9 Å². The molecule has 8 heteroatoms. The first kappa shape index (κ1) is 22.2. The fourth-order valence-electron chi connectivity index (χ4n) is 3.34. The molecule has 0 fully saturated rings. The molecule has 0 aliphatic carbocycles. The van der Waals surface area contributed by atoms with E-state index in [1.807, 2.05) is 0 Å². The molecule has 0 radical (unpaired) electrons. The van der Waals surface area contributed by atoms with Gasteiger partial charge in [-0.05, 0) is 47.0 Å². The molecule has 0 saturated carbocycles. The van der Waals surface area contributed by atoms with Crippen LogP contribution in [0, 0.1) is 0 Å². The molecular weight excluding hydrogens is 416 g/mol. The molecule has 162 valence electrons. The normalized spacial score (nSPS) is 10.3. The molecular formula is C24H18O8. The number of carboxylic acids is 2. The highest BCUT2D eigenvalue weighted by molar-refractivity contribution is 6.10. The number of hydrogen-bond donors (Lipinski definition) is 2. The van der Waals surface area contributed by atoms with Crippen LogP contribution in [0.4, 0.5) is 0 Å². The predicted octanol–water partition coefficient (Wildman–Crippen LogP) is 3.99. The maximum Gasteiger partial charge on any atom is 0.337 e. The molecule has 3 aromatic carbocycles. The molecule has 0 atom stereocenters. The zero-order valence-corrected chi connectivity index (χ0v) is 17.1. The van der Waals surface area contributed by atoms with Crippen LogP contribution >= 0.6 is 0 Å². The number of rotatable bonds is 6. The molecule has 0 aliphatic heterocycles. The Morgan fingerprint density at radius 2 is 1.09 bits per heavy atom. The summed E-state index contributed by atoms with van der Waals surface area (Å²) < 4.78 is 9.37. The lowest BCUT2D eigenvalue weighted by Gasteiger charge is -2.16. The first-order valence-corrected chi connectivity index (χ1v) is 9.29. The van der Waals surface area contributed by atoms with Gasteiger partial charge < -0.3 is 19.7 Å². The quantitative estimate of drug-likeness (QED) is 0.558. The zero-order valence-electron chi connectivity index (χ0n) is 17.1. The van der Waals surface area contributed by atoms with E-state index in [9.17, 15) is 29.4 Å². The van der Waals surface area contributed by atoms with E-state index in [-0.39, 0.29) is 16.7 Å². The highest BCUT2D eigenvalue weighted by Gasteiger charge is 2.25. The average Bonchev–Trinajstić information content (AvgIpc) is 2.82. The second-order valence-corrected chi connectivity index (χ2v) is 6.66. The Balaban J connectivity index is 2.27. The van der Waals surface area contributed by atoms with Gasteiger partial charge in [-0.2, -0.15) is 0 Å². The maximum atomic E-state index is 12.1. The molecule has 0 heterocycles. The first-order valence-electron chi connectivity index (χ1n) is 9.29. The minimum atomic E-state index is -1.41. The van der Waals surface area contributed by atoms with Gasteiger partial charge in [-0.1, -0.05) is 30.3 Å². The number of carbonyl (C=O) groups is 4. The van der Waals surface area contributed by atoms with Crippen molar-refractivity contribution in [1.82, 2.24) is 0 Å². The SMILES string of the molecule is COC(=O)c1ccc(-c2ccc(C(=O)O)c(C(=O)O)c2-c2ccc(C(=O)OC)cc2)cc1. The molecule has 8 nitrogen and oxygen atoms in total. The van der Waals surface area contributed by atoms with E-state index in [1.54, 1.807) is 12.1 Å². The largest absolute Gasteiger partial charge is 0.478 e. The summed E-state index contributed by atoms with van der Waals surface area (Å²) in [5.74, 6) is -3.89. The summed E-state index contributed by atoms with van der Waals surface area (Å²) in [6.45, 7) is 0. The van der Waals surface area contributed by atoms with Crippen molar-refractivity contribution < 1.29 is 38.9 Å². The second-order valence-electron chi connectivity index (χ2n) is 6.66. The predicted molar refractivity (Wildman–Crippen MR) is 114 cm³/mol. The Kier molecular flexibility index (Phi) is 6.34. The van der Waals surface area contributed by atoms with Gasteiger partial charge >= 0.3 is 23.9 Å². The van der Waals surface area contributed by atoms with E-state index in [2.05, 4.69) is 9.47 Å². The van der Waals surface area contributed by atoms with Gasteiger partial charge in [-0.25, -0.2) is 19.2 Å². The number of aromatic carboxylic acids is 2. The Labute approximate surface area is 182 Å². The summed E-state index contributed by atoms with van der Waals surface area (Å²) in [6.07, 6.45) is 0. The molecule has 0 unspecified atom stereocenters. The highest BCUT2D eigenvalue weighted by Crippen LogP contribution is 2.37. The van der Waals surface area contributed by atoms with Gasteiger partial charge in [-0.3, -0.25) is 0 Å². The first-order chi connectivity index (χ1) is 15.3. The van der Waals surface area contributed by atoms with Crippen LogP contribution in [-0.4, -0.2) is 48.3 Å². The van der Waals surface area contributed by atoms with Gasteiger partial charge in [0, 0.05) is 5.56 Å². The third kappa shape index (κ3) is 4.20. The van der Waals surface area contributed by atoms with Gasteiger partial charge in [0.25, 0.3) is 0 Å². The van der Waals surface area contributed by atoms with Gasteiger partial charge in [0.2, 0.25) is 0 Å². The number of ether oxygens (including phenoxy) is 2. The molecule has 3 aromatic rings. The number of esters is 2. The third-order valence-corrected chi connectivity index (χ3v) is 4.86. The van der Waals surface area contributed by atoms with Gasteiger partial charge in [0.15, 0.2) is 0 Å². The number of carbonyl (C=O) groups excluding carboxylic acids is 2. The van der Waals surface area contributed by atoms with Crippen LogP contribution in [0.3, 0.4) is 0 Å². The minimum Gasteiger partial charge on any atom is -0.478 e. The standard InChI is InChI=1S/C24H18O8/c1-31-23(29)15-7-3-13(4-8-15)17-11-12-18(21(25)26)20(22(27)28)19(17)14-5-9-16(10-6-14)24(30)32-2/h3-12H,1-2H3,(H,25,26)(H,27,28). The summed E-state index contributed by atoms with van der Waals surface area (Å²) >= 11 is 0. The molecule has 32 heavy (non-hydrogen) atoms. The van der Waals surface area contributed by atoms with E-state index >= 15 is 0 Å². The van der Waals surface area contributed by atoms with Crippen LogP contribution in [0.5, 0.6) is 0 Å². The van der Waals surface area contributed by atoms with E-state index in [0.717, 1.165) is 0 Å². The van der Waals surface area contributed by atoms with Crippen LogP contribution < -0.4 is 0 Å². The topological polar surface area (TPSA) is 127 Å². The third-order valence-electron chi connectivity index (χ3n) is 4.86. The van der Waals surface area contributed by atoms with Crippen molar-refractivity contribution in [2.24, 2.45) is 0 Å². The molecule has 2 N–H and O–H groups in total. The Morgan fingerprint density at radius 3 is 1.50 bits per heavy atom. The Morgan fingerprint density at radius 1 is 0.625 bits per heavy atom. The fourth-order valence-corrected chi connectivity index (χ4v) is 3.34. The molecule has 0 aromatic heterocycles. The van der Waals surface area contributed by atoms with Crippen LogP contribution in [-0.2, 0) is 9.47 Å². The van der Waals surface area contributed by atoms with Crippen molar-refractivity contribution in [2.45, 2.75) is 0 Å². The lowest BCUT2D eigenvalue weighted by molar-refractivity contribution is 0.0592. The van der Waals surface area contributed by atoms with Crippen LogP contribution in [0.25, 0.3) is 22.3 Å². The molecule has 0 bridgehead atoms. The molecule has 0 saturated heterocycles. The summed E-state index contributed by atoms with van der Waals surface area (Å²) in [5.41, 5.74) is 1.35. The minimum absolute atomic E-state index is 0.166. The zero-order chi connectivity index (χ0) is 23.4. The Bertz CT molecular complexity index is 1210. The Hall–Kier alpha value is -4.46. The highest BCUT2D eigenvalue weighted by atomic mass is 16.5. The average molecular weight is 434 g/mol. The van der Waals surface area contributed by atoms with Crippen molar-refractivity contribution in [3.8, 4) is 22.3 Å². The maximum absolute atomic E-state index is 12.1. The fraction of sp³-hybridized carbons (Fsp3) is 0.0833. The smallest absolute Gasteiger partial charge is 0.337 e. The van der Waals surface area contributed by atoms with Gasteiger partial charge in [-0.15, -0.1) is 0 Å². The van der Waals surface area contributed by atoms with Gasteiger partial charge in [0.05, 0.1) is 36.5 Å². The monoisotopic (exact) mass is 434 g/mol. The number of methoxy groups -OCH3 is 2. The summed E-state index contributed by atoms with van der Waals surface area (Å²) in [6, 6.07) is 15.0. The summed E-state index contributed by atoms with van der Waals surface area (Å²) in [4.78, 5) is 47.3. The lowest BCUT2D eigenvalue weighted by atomic mass is 9.87. The second kappa shape index (κ2) is 9.13. The van der Waals surface area contributed by atoms with Crippen LogP contribution in [0.2, 0.25) is 0 Å². The van der Waals surface area contributed by atoms with Crippen molar-refractivity contribution in [1.29, 1.82) is 0 Å². The number of hydrogen-bond acceptors (Lipinski definition) is 6. The van der Waals surface area contributed by atoms with Crippen molar-refractivity contribution in [3.63, 3.8) is 0 Å². The van der Waals surface area contributed by atoms with Crippen molar-refractivity contribution >= 4 is 23.9 Å². The molecule has 0 spiro atoms. The lowest BCUT2D eigenvalue weighted by Crippen LogP contribution is -2.11. The molecule has 0 amide bonds. The number of benzene rings is 3. The van der Waals surface area contributed by atoms with E-state index in [1.165, 1.54) is 62.8 Å². The van der Waals surface area contributed by atoms with E-state index in [4.69, 9.17) is 0 Å². The van der Waals surface area contributed by atoms with E-state index in [0.29, 0.717) is 22.3 Å². The summed E-state index contributed by atoms with van der Waals surface area (Å²) in [7, 11) is 2.50. The van der Waals surface area contributed by atoms with Crippen LogP contribution in [0.1, 0.15) is 41.4 Å². The summed E-state index contributed by atoms with van der Waals surface area (Å²) in [5, 5.41) is 19.4.